The average molecular weight is 449 g/mol. The van der Waals surface area contributed by atoms with Gasteiger partial charge < -0.3 is 9.84 Å². The molecule has 180 valence electrons. The van der Waals surface area contributed by atoms with E-state index < -0.39 is 0 Å². The lowest BCUT2D eigenvalue weighted by molar-refractivity contribution is -0.177. The number of fused-ring (bicyclic) bond motifs is 3. The van der Waals surface area contributed by atoms with Crippen molar-refractivity contribution in [3.63, 3.8) is 0 Å². The molecule has 1 aliphatic heterocycles. The van der Waals surface area contributed by atoms with Crippen molar-refractivity contribution in [1.29, 1.82) is 0 Å². The summed E-state index contributed by atoms with van der Waals surface area (Å²) in [6.07, 6.45) is 16.2. The number of allylic oxidation sites excluding steroid dienone is 4. The molecule has 33 heavy (non-hydrogen) atoms. The van der Waals surface area contributed by atoms with Crippen LogP contribution in [0, 0.1) is 23.2 Å². The normalized spacial score (nSPS) is 28.8. The van der Waals surface area contributed by atoms with E-state index in [-0.39, 0.29) is 23.0 Å². The minimum Gasteiger partial charge on any atom is -0.512 e. The molecular formula is C31H44O2. The van der Waals surface area contributed by atoms with Crippen molar-refractivity contribution >= 4 is 0 Å². The van der Waals surface area contributed by atoms with Crippen LogP contribution in [0.15, 0.2) is 65.5 Å². The van der Waals surface area contributed by atoms with Gasteiger partial charge in [0.25, 0.3) is 0 Å². The van der Waals surface area contributed by atoms with E-state index >= 15 is 0 Å². The third-order valence-corrected chi connectivity index (χ3v) is 8.52. The summed E-state index contributed by atoms with van der Waals surface area (Å²) in [5, 5.41) is 11.4. The van der Waals surface area contributed by atoms with E-state index in [1.807, 2.05) is 0 Å². The Morgan fingerprint density at radius 3 is 2.58 bits per heavy atom. The van der Waals surface area contributed by atoms with Gasteiger partial charge in [0.2, 0.25) is 0 Å². The summed E-state index contributed by atoms with van der Waals surface area (Å²) in [5.74, 6) is 1.47. The number of ether oxygens (including phenoxy) is 1. The average Bonchev–Trinajstić information content (AvgIpc) is 2.76. The summed E-state index contributed by atoms with van der Waals surface area (Å²) < 4.78 is 6.73. The predicted octanol–water partition coefficient (Wildman–Crippen LogP) is 8.35. The molecule has 0 saturated carbocycles. The van der Waals surface area contributed by atoms with Crippen LogP contribution in [0.1, 0.15) is 85.1 Å². The van der Waals surface area contributed by atoms with Crippen LogP contribution >= 0.6 is 0 Å². The molecule has 0 radical (unpaired) electrons. The molecule has 0 amide bonds. The molecule has 1 heterocycles. The second-order valence-electron chi connectivity index (χ2n) is 11.8. The zero-order valence-electron chi connectivity index (χ0n) is 21.4. The van der Waals surface area contributed by atoms with E-state index in [0.717, 1.165) is 25.7 Å². The van der Waals surface area contributed by atoms with Crippen molar-refractivity contribution in [3.8, 4) is 0 Å². The van der Waals surface area contributed by atoms with Crippen LogP contribution in [-0.4, -0.2) is 16.8 Å². The Balaban J connectivity index is 1.54. The second-order valence-corrected chi connectivity index (χ2v) is 11.8. The van der Waals surface area contributed by atoms with Crippen molar-refractivity contribution in [2.24, 2.45) is 23.2 Å². The number of aliphatic hydroxyl groups excluding tert-OH is 1. The molecule has 0 bridgehead atoms. The first-order chi connectivity index (χ1) is 15.7. The lowest BCUT2D eigenvalue weighted by atomic mass is 9.60. The number of hydrogen-bond donors (Lipinski definition) is 1. The Morgan fingerprint density at radius 1 is 1.09 bits per heavy atom. The van der Waals surface area contributed by atoms with Gasteiger partial charge in [-0.05, 0) is 74.0 Å². The van der Waals surface area contributed by atoms with Crippen LogP contribution < -0.4 is 0 Å². The van der Waals surface area contributed by atoms with Crippen LogP contribution in [-0.2, 0) is 11.2 Å². The highest BCUT2D eigenvalue weighted by Gasteiger charge is 2.52. The summed E-state index contributed by atoms with van der Waals surface area (Å²) in [6, 6.07) is 10.8. The summed E-state index contributed by atoms with van der Waals surface area (Å²) in [7, 11) is 0. The van der Waals surface area contributed by atoms with Gasteiger partial charge in [-0.15, -0.1) is 0 Å². The smallest absolute Gasteiger partial charge is 0.0988 e. The van der Waals surface area contributed by atoms with Gasteiger partial charge in [0.05, 0.1) is 17.5 Å². The minimum absolute atomic E-state index is 0.0350. The van der Waals surface area contributed by atoms with Crippen LogP contribution in [0.4, 0.5) is 0 Å². The first-order valence-electron chi connectivity index (χ1n) is 13.2. The van der Waals surface area contributed by atoms with Crippen molar-refractivity contribution < 1.29 is 9.84 Å². The third kappa shape index (κ3) is 5.32. The Hall–Kier alpha value is -1.80. The number of benzene rings is 1. The molecule has 2 nitrogen and oxygen atoms in total. The maximum atomic E-state index is 11.4. The maximum Gasteiger partial charge on any atom is 0.0988 e. The molecule has 2 heteroatoms. The molecule has 1 aromatic carbocycles. The van der Waals surface area contributed by atoms with Crippen LogP contribution in [0.25, 0.3) is 0 Å². The minimum atomic E-state index is -0.189. The SMILES string of the molecule is CCCCCCC(C)(C)C1=CC2OC(C)(C)C3CC=C(Cc4ccccc4)CC3[C@@H]2C(O)=C1. The highest BCUT2D eigenvalue weighted by atomic mass is 16.5. The van der Waals surface area contributed by atoms with Gasteiger partial charge in [-0.1, -0.05) is 94.5 Å². The summed E-state index contributed by atoms with van der Waals surface area (Å²) in [4.78, 5) is 0. The first-order valence-corrected chi connectivity index (χ1v) is 13.2. The maximum absolute atomic E-state index is 11.4. The van der Waals surface area contributed by atoms with E-state index in [9.17, 15) is 5.11 Å². The molecule has 1 N–H and O–H groups in total. The monoisotopic (exact) mass is 448 g/mol. The van der Waals surface area contributed by atoms with Crippen LogP contribution in [0.5, 0.6) is 0 Å². The molecule has 4 rings (SSSR count). The Labute approximate surface area is 201 Å². The van der Waals surface area contributed by atoms with Crippen molar-refractivity contribution in [1.82, 2.24) is 0 Å². The lowest BCUT2D eigenvalue weighted by Crippen LogP contribution is -2.54. The topological polar surface area (TPSA) is 29.5 Å². The molecule has 2 aliphatic carbocycles. The first kappa shape index (κ1) is 24.3. The van der Waals surface area contributed by atoms with E-state index in [1.54, 1.807) is 0 Å². The second kappa shape index (κ2) is 9.82. The highest BCUT2D eigenvalue weighted by molar-refractivity contribution is 5.36. The number of rotatable bonds is 8. The zero-order valence-corrected chi connectivity index (χ0v) is 21.4. The Morgan fingerprint density at radius 2 is 1.85 bits per heavy atom. The van der Waals surface area contributed by atoms with Gasteiger partial charge in [0.1, 0.15) is 0 Å². The van der Waals surface area contributed by atoms with Crippen molar-refractivity contribution in [2.45, 2.75) is 97.7 Å². The largest absolute Gasteiger partial charge is 0.512 e. The van der Waals surface area contributed by atoms with E-state index in [1.165, 1.54) is 42.4 Å². The van der Waals surface area contributed by atoms with E-state index in [0.29, 0.717) is 17.6 Å². The van der Waals surface area contributed by atoms with E-state index in [2.05, 4.69) is 83.2 Å². The summed E-state index contributed by atoms with van der Waals surface area (Å²) in [5.41, 5.74) is 4.01. The summed E-state index contributed by atoms with van der Waals surface area (Å²) in [6.45, 7) is 11.4. The summed E-state index contributed by atoms with van der Waals surface area (Å²) >= 11 is 0. The molecule has 1 aromatic rings. The zero-order chi connectivity index (χ0) is 23.6. The molecular weight excluding hydrogens is 404 g/mol. The van der Waals surface area contributed by atoms with Crippen LogP contribution in [0.3, 0.4) is 0 Å². The van der Waals surface area contributed by atoms with Crippen molar-refractivity contribution in [2.75, 3.05) is 0 Å². The fourth-order valence-electron chi connectivity index (χ4n) is 6.50. The molecule has 0 aromatic heterocycles. The standard InChI is InChI=1S/C31H44O2/c1-6-7-8-12-17-30(2,3)24-20-27(32)29-25-19-23(18-22-13-10-9-11-14-22)15-16-26(25)31(4,5)33-28(29)21-24/h9-11,13-15,20-21,25-26,28-29,32H,6-8,12,16-19H2,1-5H3/t25?,26?,28?,29-/m1/s1. The van der Waals surface area contributed by atoms with Gasteiger partial charge in [-0.25, -0.2) is 0 Å². The Kier molecular flexibility index (Phi) is 7.24. The van der Waals surface area contributed by atoms with Gasteiger partial charge in [0.15, 0.2) is 0 Å². The fraction of sp³-hybridized carbons (Fsp3) is 0.613. The molecule has 4 atom stereocenters. The number of unbranched alkanes of at least 4 members (excludes halogenated alkanes) is 3. The molecule has 3 unspecified atom stereocenters. The Bertz CT molecular complexity index is 902. The lowest BCUT2D eigenvalue weighted by Gasteiger charge is -2.54. The number of hydrogen-bond acceptors (Lipinski definition) is 2. The van der Waals surface area contributed by atoms with E-state index in [4.69, 9.17) is 4.74 Å². The van der Waals surface area contributed by atoms with Gasteiger partial charge in [-0.3, -0.25) is 0 Å². The van der Waals surface area contributed by atoms with Gasteiger partial charge in [0, 0.05) is 5.92 Å². The third-order valence-electron chi connectivity index (χ3n) is 8.52. The fourth-order valence-corrected chi connectivity index (χ4v) is 6.50. The van der Waals surface area contributed by atoms with Gasteiger partial charge >= 0.3 is 0 Å². The predicted molar refractivity (Wildman–Crippen MR) is 138 cm³/mol. The molecule has 1 fully saturated rings. The number of aliphatic hydroxyl groups is 1. The molecule has 3 aliphatic rings. The quantitative estimate of drug-likeness (QED) is 0.320. The molecule has 0 spiro atoms. The van der Waals surface area contributed by atoms with Crippen LogP contribution in [0.2, 0.25) is 0 Å². The van der Waals surface area contributed by atoms with Gasteiger partial charge in [-0.2, -0.15) is 0 Å². The highest BCUT2D eigenvalue weighted by Crippen LogP contribution is 2.53. The molecule has 1 saturated heterocycles. The van der Waals surface area contributed by atoms with Crippen molar-refractivity contribution in [3.05, 3.63) is 71.0 Å².